The van der Waals surface area contributed by atoms with Gasteiger partial charge in [-0.2, -0.15) is 0 Å². The number of methoxy groups -OCH3 is 1. The fourth-order valence-corrected chi connectivity index (χ4v) is 4.04. The summed E-state index contributed by atoms with van der Waals surface area (Å²) in [6, 6.07) is 16.6. The van der Waals surface area contributed by atoms with Crippen molar-refractivity contribution in [2.75, 3.05) is 43.6 Å². The van der Waals surface area contributed by atoms with Gasteiger partial charge in [-0.15, -0.1) is 0 Å². The maximum atomic E-state index is 5.88. The third-order valence-corrected chi connectivity index (χ3v) is 5.85. The molecule has 2 aromatic carbocycles. The lowest BCUT2D eigenvalue weighted by Gasteiger charge is -2.29. The second-order valence-electron chi connectivity index (χ2n) is 7.52. The Kier molecular flexibility index (Phi) is 8.34. The number of nitrogens with zero attached hydrogens (tertiary/aromatic N) is 2. The molecule has 1 atom stereocenters. The van der Waals surface area contributed by atoms with Crippen LogP contribution in [0.4, 0.5) is 11.4 Å². The summed E-state index contributed by atoms with van der Waals surface area (Å²) >= 11 is 5.79. The zero-order valence-corrected chi connectivity index (χ0v) is 19.1. The Balaban J connectivity index is 1.72. The van der Waals surface area contributed by atoms with Crippen molar-refractivity contribution in [3.63, 3.8) is 0 Å². The minimum atomic E-state index is 0.227. The first-order valence-corrected chi connectivity index (χ1v) is 11.2. The molecule has 3 rings (SSSR count). The molecule has 0 bridgehead atoms. The van der Waals surface area contributed by atoms with Gasteiger partial charge in [0.25, 0.3) is 0 Å². The highest BCUT2D eigenvalue weighted by molar-refractivity contribution is 7.80. The van der Waals surface area contributed by atoms with Gasteiger partial charge in [0.1, 0.15) is 5.75 Å². The predicted octanol–water partition coefficient (Wildman–Crippen LogP) is 4.92. The lowest BCUT2D eigenvalue weighted by Crippen LogP contribution is -2.39. The molecule has 1 aliphatic rings. The number of rotatable bonds is 9. The molecule has 1 unspecified atom stereocenters. The van der Waals surface area contributed by atoms with E-state index in [1.165, 1.54) is 11.3 Å². The summed E-state index contributed by atoms with van der Waals surface area (Å²) in [4.78, 5) is 4.56. The lowest BCUT2D eigenvalue weighted by molar-refractivity contribution is 0.0905. The molecule has 5 nitrogen and oxygen atoms in total. The van der Waals surface area contributed by atoms with Crippen LogP contribution in [0.25, 0.3) is 0 Å². The van der Waals surface area contributed by atoms with Crippen molar-refractivity contribution in [1.29, 1.82) is 0 Å². The molecule has 162 valence electrons. The summed E-state index contributed by atoms with van der Waals surface area (Å²) in [6.07, 6.45) is 2.43. The minimum Gasteiger partial charge on any atom is -0.497 e. The summed E-state index contributed by atoms with van der Waals surface area (Å²) in [5.41, 5.74) is 3.42. The molecule has 1 aliphatic heterocycles. The van der Waals surface area contributed by atoms with Crippen LogP contribution >= 0.6 is 12.2 Å². The summed E-state index contributed by atoms with van der Waals surface area (Å²) in [7, 11) is 1.67. The SMILES string of the molecule is CCN(CC)c1ccc(CN(CC2CCCO2)C(=S)Nc2cccc(OC)c2)cc1. The largest absolute Gasteiger partial charge is 0.497 e. The van der Waals surface area contributed by atoms with Crippen LogP contribution in [0.15, 0.2) is 48.5 Å². The number of hydrogen-bond acceptors (Lipinski definition) is 4. The van der Waals surface area contributed by atoms with Crippen molar-refractivity contribution in [3.8, 4) is 5.75 Å². The normalized spacial score (nSPS) is 15.6. The first-order chi connectivity index (χ1) is 14.6. The van der Waals surface area contributed by atoms with E-state index in [4.69, 9.17) is 21.7 Å². The summed E-state index contributed by atoms with van der Waals surface area (Å²) < 4.78 is 11.2. The van der Waals surface area contributed by atoms with Crippen LogP contribution in [0.1, 0.15) is 32.3 Å². The van der Waals surface area contributed by atoms with Gasteiger partial charge in [0, 0.05) is 50.2 Å². The molecule has 1 fully saturated rings. The zero-order chi connectivity index (χ0) is 21.3. The van der Waals surface area contributed by atoms with Crippen molar-refractivity contribution in [2.24, 2.45) is 0 Å². The molecule has 6 heteroatoms. The number of hydrogen-bond donors (Lipinski definition) is 1. The highest BCUT2D eigenvalue weighted by Gasteiger charge is 2.21. The van der Waals surface area contributed by atoms with Gasteiger partial charge in [0.2, 0.25) is 0 Å². The van der Waals surface area contributed by atoms with Gasteiger partial charge in [0.15, 0.2) is 5.11 Å². The molecule has 0 spiro atoms. The number of ether oxygens (including phenoxy) is 2. The van der Waals surface area contributed by atoms with Crippen LogP contribution in [-0.2, 0) is 11.3 Å². The lowest BCUT2D eigenvalue weighted by atomic mass is 10.1. The Morgan fingerprint density at radius 3 is 2.57 bits per heavy atom. The van der Waals surface area contributed by atoms with Crippen molar-refractivity contribution in [2.45, 2.75) is 39.3 Å². The summed E-state index contributed by atoms with van der Waals surface area (Å²) in [5.74, 6) is 0.806. The third kappa shape index (κ3) is 6.09. The first kappa shape index (κ1) is 22.4. The van der Waals surface area contributed by atoms with Crippen LogP contribution < -0.4 is 15.0 Å². The first-order valence-electron chi connectivity index (χ1n) is 10.8. The Morgan fingerprint density at radius 1 is 1.17 bits per heavy atom. The average molecular weight is 428 g/mol. The number of nitrogens with one attached hydrogen (secondary N) is 1. The maximum Gasteiger partial charge on any atom is 0.173 e. The fourth-order valence-electron chi connectivity index (χ4n) is 3.78. The quantitative estimate of drug-likeness (QED) is 0.573. The van der Waals surface area contributed by atoms with E-state index in [1.807, 2.05) is 24.3 Å². The molecule has 0 radical (unpaired) electrons. The second kappa shape index (κ2) is 11.2. The van der Waals surface area contributed by atoms with Crippen molar-refractivity contribution in [3.05, 3.63) is 54.1 Å². The van der Waals surface area contributed by atoms with Crippen molar-refractivity contribution < 1.29 is 9.47 Å². The van der Waals surface area contributed by atoms with Gasteiger partial charge in [0.05, 0.1) is 13.2 Å². The Bertz CT molecular complexity index is 802. The number of anilines is 2. The third-order valence-electron chi connectivity index (χ3n) is 5.49. The summed E-state index contributed by atoms with van der Waals surface area (Å²) in [6.45, 7) is 8.76. The molecular formula is C24H33N3O2S. The van der Waals surface area contributed by atoms with Crippen molar-refractivity contribution in [1.82, 2.24) is 4.90 Å². The Labute approximate surface area is 186 Å². The molecule has 1 saturated heterocycles. The molecule has 0 aliphatic carbocycles. The van der Waals surface area contributed by atoms with Gasteiger partial charge in [-0.25, -0.2) is 0 Å². The molecule has 30 heavy (non-hydrogen) atoms. The van der Waals surface area contributed by atoms with Crippen LogP contribution in [0.3, 0.4) is 0 Å². The highest BCUT2D eigenvalue weighted by atomic mass is 32.1. The number of thiocarbonyl (C=S) groups is 1. The van der Waals surface area contributed by atoms with E-state index in [-0.39, 0.29) is 6.10 Å². The molecule has 0 saturated carbocycles. The highest BCUT2D eigenvalue weighted by Crippen LogP contribution is 2.21. The van der Waals surface area contributed by atoms with Crippen LogP contribution in [0.2, 0.25) is 0 Å². The van der Waals surface area contributed by atoms with Crippen LogP contribution in [0.5, 0.6) is 5.75 Å². The van der Waals surface area contributed by atoms with E-state index < -0.39 is 0 Å². The second-order valence-corrected chi connectivity index (χ2v) is 7.90. The minimum absolute atomic E-state index is 0.227. The topological polar surface area (TPSA) is 37.0 Å². The van der Waals surface area contributed by atoms with E-state index >= 15 is 0 Å². The monoisotopic (exact) mass is 427 g/mol. The number of benzene rings is 2. The average Bonchev–Trinajstić information content (AvgIpc) is 3.28. The molecule has 0 aromatic heterocycles. The van der Waals surface area contributed by atoms with E-state index in [0.717, 1.165) is 57.1 Å². The van der Waals surface area contributed by atoms with Gasteiger partial charge in [-0.05, 0) is 68.7 Å². The van der Waals surface area contributed by atoms with E-state index in [1.54, 1.807) is 7.11 Å². The van der Waals surface area contributed by atoms with Crippen LogP contribution in [-0.4, -0.2) is 49.5 Å². The maximum absolute atomic E-state index is 5.88. The fraction of sp³-hybridized carbons (Fsp3) is 0.458. The molecule has 1 heterocycles. The predicted molar refractivity (Wildman–Crippen MR) is 129 cm³/mol. The Hall–Kier alpha value is -2.31. The Morgan fingerprint density at radius 2 is 1.93 bits per heavy atom. The summed E-state index contributed by atoms with van der Waals surface area (Å²) in [5, 5.41) is 4.07. The van der Waals surface area contributed by atoms with Crippen LogP contribution in [0, 0.1) is 0 Å². The van der Waals surface area contributed by atoms with Gasteiger partial charge in [-0.3, -0.25) is 0 Å². The molecule has 0 amide bonds. The zero-order valence-electron chi connectivity index (χ0n) is 18.3. The van der Waals surface area contributed by atoms with E-state index in [2.05, 4.69) is 53.2 Å². The molecule has 1 N–H and O–H groups in total. The van der Waals surface area contributed by atoms with E-state index in [0.29, 0.717) is 5.11 Å². The van der Waals surface area contributed by atoms with Gasteiger partial charge < -0.3 is 24.6 Å². The van der Waals surface area contributed by atoms with Gasteiger partial charge >= 0.3 is 0 Å². The van der Waals surface area contributed by atoms with E-state index in [9.17, 15) is 0 Å². The molecule has 2 aromatic rings. The standard InChI is InChI=1S/C24H33N3O2S/c1-4-26(5-2)21-13-11-19(12-14-21)17-27(18-23-10-7-15-29-23)24(30)25-20-8-6-9-22(16-20)28-3/h6,8-9,11-14,16,23H,4-5,7,10,15,17-18H2,1-3H3,(H,25,30). The smallest absolute Gasteiger partial charge is 0.173 e. The molecular weight excluding hydrogens is 394 g/mol. The van der Waals surface area contributed by atoms with Crippen molar-refractivity contribution >= 4 is 28.7 Å². The van der Waals surface area contributed by atoms with Gasteiger partial charge in [-0.1, -0.05) is 18.2 Å².